The van der Waals surface area contributed by atoms with Crippen LogP contribution in [-0.4, -0.2) is 14.9 Å². The van der Waals surface area contributed by atoms with E-state index in [9.17, 15) is 0 Å². The van der Waals surface area contributed by atoms with Crippen molar-refractivity contribution in [2.45, 2.75) is 47.3 Å². The van der Waals surface area contributed by atoms with Crippen molar-refractivity contribution in [3.63, 3.8) is 0 Å². The maximum absolute atomic E-state index is 4.59. The number of rotatable bonds is 8. The highest BCUT2D eigenvalue weighted by Crippen LogP contribution is 2.45. The Labute approximate surface area is 219 Å². The molecule has 0 radical (unpaired) electrons. The van der Waals surface area contributed by atoms with Crippen LogP contribution in [0, 0.1) is 27.7 Å². The number of thiophene rings is 3. The third-order valence-corrected chi connectivity index (χ3v) is 9.09. The zero-order chi connectivity index (χ0) is 24.4. The highest BCUT2D eigenvalue weighted by atomic mass is 32.1. The average molecular weight is 516 g/mol. The van der Waals surface area contributed by atoms with Crippen LogP contribution in [0.1, 0.15) is 35.8 Å². The number of hydrogen-bond donors (Lipinski definition) is 0. The minimum absolute atomic E-state index is 0.785. The summed E-state index contributed by atoms with van der Waals surface area (Å²) in [5, 5.41) is 0. The van der Waals surface area contributed by atoms with Gasteiger partial charge in [0.1, 0.15) is 0 Å². The highest BCUT2D eigenvalue weighted by molar-refractivity contribution is 7.17. The van der Waals surface area contributed by atoms with Crippen molar-refractivity contribution in [1.29, 1.82) is 0 Å². The molecule has 35 heavy (non-hydrogen) atoms. The van der Waals surface area contributed by atoms with E-state index in [2.05, 4.69) is 85.0 Å². The van der Waals surface area contributed by atoms with Gasteiger partial charge in [-0.15, -0.1) is 34.0 Å². The van der Waals surface area contributed by atoms with Gasteiger partial charge in [0.15, 0.2) is 0 Å². The summed E-state index contributed by atoms with van der Waals surface area (Å²) in [5.74, 6) is 0. The van der Waals surface area contributed by atoms with E-state index in [1.165, 1.54) is 46.0 Å². The second kappa shape index (κ2) is 10.5. The Balaban J connectivity index is 1.53. The summed E-state index contributed by atoms with van der Waals surface area (Å²) in [7, 11) is 0. The third kappa shape index (κ3) is 5.62. The monoisotopic (exact) mass is 515 g/mol. The van der Waals surface area contributed by atoms with Crippen molar-refractivity contribution in [1.82, 2.24) is 14.9 Å². The van der Waals surface area contributed by atoms with Crippen LogP contribution in [0.15, 0.2) is 67.0 Å². The molecule has 0 atom stereocenters. The van der Waals surface area contributed by atoms with Crippen LogP contribution < -0.4 is 0 Å². The lowest BCUT2D eigenvalue weighted by atomic mass is 10.0. The maximum atomic E-state index is 4.59. The van der Waals surface area contributed by atoms with E-state index < -0.39 is 0 Å². The molecule has 5 heterocycles. The Kier molecular flexibility index (Phi) is 7.25. The summed E-state index contributed by atoms with van der Waals surface area (Å²) < 4.78 is 0. The van der Waals surface area contributed by atoms with E-state index in [1.807, 2.05) is 58.5 Å². The average Bonchev–Trinajstić information content (AvgIpc) is 3.50. The molecule has 0 bridgehead atoms. The molecular weight excluding hydrogens is 487 g/mol. The predicted molar refractivity (Wildman–Crippen MR) is 151 cm³/mol. The van der Waals surface area contributed by atoms with Crippen LogP contribution in [0.2, 0.25) is 0 Å². The minimum atomic E-state index is 0.785. The third-order valence-electron chi connectivity index (χ3n) is 6.00. The van der Waals surface area contributed by atoms with Crippen LogP contribution in [-0.2, 0) is 19.6 Å². The van der Waals surface area contributed by atoms with Gasteiger partial charge in [0.05, 0.1) is 11.4 Å². The number of nitrogens with zero attached hydrogens (tertiary/aromatic N) is 3. The van der Waals surface area contributed by atoms with Crippen molar-refractivity contribution in [3.8, 4) is 21.6 Å². The van der Waals surface area contributed by atoms with Crippen LogP contribution in [0.5, 0.6) is 0 Å². The minimum Gasteiger partial charge on any atom is -0.287 e. The predicted octanol–water partition coefficient (Wildman–Crippen LogP) is 8.43. The zero-order valence-electron chi connectivity index (χ0n) is 20.5. The first-order valence-corrected chi connectivity index (χ1v) is 14.2. The molecule has 0 aliphatic rings. The van der Waals surface area contributed by atoms with E-state index in [0.717, 1.165) is 31.0 Å². The van der Waals surface area contributed by atoms with E-state index >= 15 is 0 Å². The molecule has 0 aliphatic heterocycles. The smallest absolute Gasteiger partial charge is 0.0544 e. The van der Waals surface area contributed by atoms with E-state index in [-0.39, 0.29) is 0 Å². The van der Waals surface area contributed by atoms with Crippen LogP contribution in [0.4, 0.5) is 0 Å². The lowest BCUT2D eigenvalue weighted by Gasteiger charge is -2.21. The Morgan fingerprint density at radius 2 is 1.20 bits per heavy atom. The van der Waals surface area contributed by atoms with Gasteiger partial charge in [0.25, 0.3) is 0 Å². The van der Waals surface area contributed by atoms with Crippen molar-refractivity contribution in [2.75, 3.05) is 0 Å². The fraction of sp³-hybridized carbons (Fsp3) is 0.241. The standard InChI is InChI=1S/C29H29N3S3/c1-19-13-26(21(3)33-19)28-15-25(35-29(28)27-14-20(2)34-22(27)4)18-32(16-23-9-5-7-11-30-23)17-24-10-6-8-12-31-24/h5-15H,16-18H2,1-4H3. The van der Waals surface area contributed by atoms with Gasteiger partial charge < -0.3 is 0 Å². The van der Waals surface area contributed by atoms with E-state index in [4.69, 9.17) is 0 Å². The van der Waals surface area contributed by atoms with Gasteiger partial charge in [-0.05, 0) is 75.7 Å². The molecule has 0 N–H and O–H groups in total. The number of pyridine rings is 2. The van der Waals surface area contributed by atoms with Gasteiger partial charge in [-0.2, -0.15) is 0 Å². The quantitative estimate of drug-likeness (QED) is 0.208. The summed E-state index contributed by atoms with van der Waals surface area (Å²) in [5.41, 5.74) is 6.27. The molecule has 0 saturated heterocycles. The highest BCUT2D eigenvalue weighted by Gasteiger charge is 2.20. The summed E-state index contributed by atoms with van der Waals surface area (Å²) >= 11 is 5.70. The molecule has 0 unspecified atom stereocenters. The lowest BCUT2D eigenvalue weighted by Crippen LogP contribution is -2.23. The molecule has 0 aromatic carbocycles. The van der Waals surface area contributed by atoms with E-state index in [0.29, 0.717) is 0 Å². The number of hydrogen-bond acceptors (Lipinski definition) is 6. The fourth-order valence-electron chi connectivity index (χ4n) is 4.50. The van der Waals surface area contributed by atoms with Gasteiger partial charge in [-0.1, -0.05) is 12.1 Å². The first-order valence-electron chi connectivity index (χ1n) is 11.8. The Bertz CT molecular complexity index is 1310. The van der Waals surface area contributed by atoms with Crippen LogP contribution in [0.25, 0.3) is 21.6 Å². The van der Waals surface area contributed by atoms with Crippen molar-refractivity contribution in [2.24, 2.45) is 0 Å². The van der Waals surface area contributed by atoms with Crippen LogP contribution >= 0.6 is 34.0 Å². The van der Waals surface area contributed by atoms with Crippen molar-refractivity contribution < 1.29 is 0 Å². The summed E-state index contributed by atoms with van der Waals surface area (Å²) in [4.78, 5) is 19.9. The van der Waals surface area contributed by atoms with Gasteiger partial charge in [0.2, 0.25) is 0 Å². The Morgan fingerprint density at radius 1 is 0.629 bits per heavy atom. The summed E-state index contributed by atoms with van der Waals surface area (Å²) in [6.45, 7) is 11.3. The first kappa shape index (κ1) is 24.1. The molecule has 0 amide bonds. The topological polar surface area (TPSA) is 29.0 Å². The Morgan fingerprint density at radius 3 is 1.69 bits per heavy atom. The molecular formula is C29H29N3S3. The fourth-order valence-corrected chi connectivity index (χ4v) is 7.72. The van der Waals surface area contributed by atoms with Crippen LogP contribution in [0.3, 0.4) is 0 Å². The second-order valence-electron chi connectivity index (χ2n) is 8.90. The second-order valence-corrected chi connectivity index (χ2v) is 13.0. The lowest BCUT2D eigenvalue weighted by molar-refractivity contribution is 0.244. The van der Waals surface area contributed by atoms with E-state index in [1.54, 1.807) is 0 Å². The number of aromatic nitrogens is 2. The molecule has 3 nitrogen and oxygen atoms in total. The van der Waals surface area contributed by atoms with Gasteiger partial charge >= 0.3 is 0 Å². The number of aryl methyl sites for hydroxylation is 4. The molecule has 0 saturated carbocycles. The molecule has 5 aromatic heterocycles. The molecule has 178 valence electrons. The molecule has 6 heteroatoms. The van der Waals surface area contributed by atoms with Gasteiger partial charge in [0, 0.05) is 72.4 Å². The van der Waals surface area contributed by atoms with Gasteiger partial charge in [-0.3, -0.25) is 14.9 Å². The molecule has 0 spiro atoms. The zero-order valence-corrected chi connectivity index (χ0v) is 23.0. The molecule has 0 fully saturated rings. The molecule has 5 rings (SSSR count). The Hall–Kier alpha value is -2.64. The van der Waals surface area contributed by atoms with Crippen molar-refractivity contribution >= 4 is 34.0 Å². The SMILES string of the molecule is Cc1cc(-c2cc(CN(Cc3ccccn3)Cc3ccccn3)sc2-c2cc(C)sc2C)c(C)s1. The van der Waals surface area contributed by atoms with Crippen molar-refractivity contribution in [3.05, 3.63) is 103 Å². The normalized spacial score (nSPS) is 11.5. The molecule has 0 aliphatic carbocycles. The maximum Gasteiger partial charge on any atom is 0.0544 e. The summed E-state index contributed by atoms with van der Waals surface area (Å²) in [6, 6.07) is 19.4. The summed E-state index contributed by atoms with van der Waals surface area (Å²) in [6.07, 6.45) is 3.75. The van der Waals surface area contributed by atoms with Gasteiger partial charge in [-0.25, -0.2) is 0 Å². The largest absolute Gasteiger partial charge is 0.287 e. The molecule has 5 aromatic rings. The first-order chi connectivity index (χ1) is 17.0.